The number of rotatable bonds is 8. The Morgan fingerprint density at radius 1 is 0.947 bits per heavy atom. The molecule has 0 unspecified atom stereocenters. The molecular weight excluding hydrogens is 478 g/mol. The zero-order chi connectivity index (χ0) is 26.9. The third-order valence-corrected chi connectivity index (χ3v) is 5.71. The predicted octanol–water partition coefficient (Wildman–Crippen LogP) is 5.83. The normalized spacial score (nSPS) is 14.8. The lowest BCUT2D eigenvalue weighted by Gasteiger charge is -2.17. The van der Waals surface area contributed by atoms with Crippen molar-refractivity contribution < 1.29 is 14.3 Å². The summed E-state index contributed by atoms with van der Waals surface area (Å²) in [5.74, 6) is 0.766. The van der Waals surface area contributed by atoms with Crippen LogP contribution in [-0.2, 0) is 9.59 Å². The zero-order valence-corrected chi connectivity index (χ0v) is 21.4. The Balaban J connectivity index is 1.47. The Bertz CT molecular complexity index is 1460. The average Bonchev–Trinajstić information content (AvgIpc) is 2.88. The lowest BCUT2D eigenvalue weighted by molar-refractivity contribution is -0.114. The van der Waals surface area contributed by atoms with Crippen molar-refractivity contribution in [2.45, 2.75) is 19.9 Å². The van der Waals surface area contributed by atoms with E-state index in [4.69, 9.17) is 9.72 Å². The molecule has 4 rings (SSSR count). The molecule has 0 spiro atoms. The second kappa shape index (κ2) is 12.3. The van der Waals surface area contributed by atoms with Crippen molar-refractivity contribution in [2.24, 2.45) is 0 Å². The molecule has 2 amide bonds. The van der Waals surface area contributed by atoms with Gasteiger partial charge >= 0.3 is 0 Å². The van der Waals surface area contributed by atoms with Crippen molar-refractivity contribution in [1.82, 2.24) is 9.97 Å². The minimum absolute atomic E-state index is 0.110. The van der Waals surface area contributed by atoms with Crippen LogP contribution in [-0.4, -0.2) is 28.9 Å². The van der Waals surface area contributed by atoms with Gasteiger partial charge in [-0.3, -0.25) is 14.6 Å². The Labute approximate surface area is 221 Å². The first-order valence-corrected chi connectivity index (χ1v) is 12.1. The van der Waals surface area contributed by atoms with Gasteiger partial charge in [-0.05, 0) is 48.9 Å². The van der Waals surface area contributed by atoms with Crippen LogP contribution in [0, 0.1) is 0 Å². The van der Waals surface area contributed by atoms with E-state index in [2.05, 4.69) is 20.9 Å². The highest BCUT2D eigenvalue weighted by Crippen LogP contribution is 2.30. The number of carbonyl (C=O) groups is 2. The molecule has 3 aromatic rings. The molecule has 0 saturated carbocycles. The molecule has 0 saturated heterocycles. The summed E-state index contributed by atoms with van der Waals surface area (Å²) in [7, 11) is 1.55. The summed E-state index contributed by atoms with van der Waals surface area (Å²) in [5, 5.41) is 9.09. The van der Waals surface area contributed by atoms with Gasteiger partial charge in [-0.2, -0.15) is 0 Å². The Morgan fingerprint density at radius 3 is 2.58 bits per heavy atom. The first kappa shape index (κ1) is 26.1. The molecule has 0 radical (unpaired) electrons. The highest BCUT2D eigenvalue weighted by atomic mass is 16.5. The van der Waals surface area contributed by atoms with Crippen LogP contribution in [0.3, 0.4) is 0 Å². The van der Waals surface area contributed by atoms with Crippen molar-refractivity contribution in [2.75, 3.05) is 23.1 Å². The number of nitrogens with one attached hydrogen (secondary N) is 3. The van der Waals surface area contributed by atoms with Gasteiger partial charge in [0.1, 0.15) is 11.6 Å². The molecule has 0 fully saturated rings. The van der Waals surface area contributed by atoms with Crippen LogP contribution in [0.15, 0.2) is 103 Å². The number of methoxy groups -OCH3 is 1. The summed E-state index contributed by atoms with van der Waals surface area (Å²) in [6, 6.07) is 13.0. The van der Waals surface area contributed by atoms with E-state index in [1.165, 1.54) is 6.92 Å². The van der Waals surface area contributed by atoms with Gasteiger partial charge in [-0.25, -0.2) is 4.98 Å². The fourth-order valence-corrected chi connectivity index (χ4v) is 3.83. The first-order valence-electron chi connectivity index (χ1n) is 12.1. The van der Waals surface area contributed by atoms with E-state index in [1.54, 1.807) is 43.8 Å². The quantitative estimate of drug-likeness (QED) is 0.354. The van der Waals surface area contributed by atoms with E-state index in [0.717, 1.165) is 11.1 Å². The lowest BCUT2D eigenvalue weighted by Crippen LogP contribution is -2.14. The van der Waals surface area contributed by atoms with E-state index >= 15 is 0 Å². The van der Waals surface area contributed by atoms with Crippen LogP contribution in [0.5, 0.6) is 5.75 Å². The number of nitrogens with zero attached hydrogens (tertiary/aromatic N) is 2. The molecule has 0 aliphatic heterocycles. The van der Waals surface area contributed by atoms with Crippen molar-refractivity contribution >= 4 is 29.0 Å². The van der Waals surface area contributed by atoms with Crippen LogP contribution >= 0.6 is 0 Å². The third-order valence-electron chi connectivity index (χ3n) is 5.71. The summed E-state index contributed by atoms with van der Waals surface area (Å²) >= 11 is 0. The maximum absolute atomic E-state index is 12.7. The fraction of sp³-hybridized carbons (Fsp3) is 0.133. The van der Waals surface area contributed by atoms with Crippen LogP contribution < -0.4 is 20.7 Å². The molecule has 1 atom stereocenters. The average molecular weight is 508 g/mol. The maximum Gasteiger partial charge on any atom is 0.255 e. The van der Waals surface area contributed by atoms with E-state index in [-0.39, 0.29) is 17.9 Å². The smallest absolute Gasteiger partial charge is 0.255 e. The number of hydrogen-bond donors (Lipinski definition) is 3. The van der Waals surface area contributed by atoms with Gasteiger partial charge in [0.25, 0.3) is 5.91 Å². The van der Waals surface area contributed by atoms with Gasteiger partial charge in [0, 0.05) is 23.7 Å². The monoisotopic (exact) mass is 507 g/mol. The number of aromatic nitrogens is 2. The van der Waals surface area contributed by atoms with Crippen LogP contribution in [0.2, 0.25) is 0 Å². The molecule has 3 N–H and O–H groups in total. The molecular formula is C30H29N5O3. The second-order valence-corrected chi connectivity index (χ2v) is 8.58. The summed E-state index contributed by atoms with van der Waals surface area (Å²) < 4.78 is 5.43. The molecule has 1 aliphatic carbocycles. The molecule has 0 bridgehead atoms. The molecule has 1 aromatic heterocycles. The fourth-order valence-electron chi connectivity index (χ4n) is 3.83. The summed E-state index contributed by atoms with van der Waals surface area (Å²) in [6.45, 7) is 3.46. The largest absolute Gasteiger partial charge is 0.495 e. The Hall–Kier alpha value is -4.98. The van der Waals surface area contributed by atoms with Crippen molar-refractivity contribution in [3.63, 3.8) is 0 Å². The number of benzene rings is 2. The molecule has 1 heterocycles. The van der Waals surface area contributed by atoms with Crippen LogP contribution in [0.4, 0.5) is 17.2 Å². The van der Waals surface area contributed by atoms with Crippen LogP contribution in [0.1, 0.15) is 25.5 Å². The highest BCUT2D eigenvalue weighted by Gasteiger charge is 2.12. The molecule has 1 aliphatic rings. The third kappa shape index (κ3) is 6.82. The number of anilines is 3. The minimum atomic E-state index is -0.183. The van der Waals surface area contributed by atoms with E-state index < -0.39 is 0 Å². The van der Waals surface area contributed by atoms with Gasteiger partial charge in [-0.15, -0.1) is 0 Å². The molecule has 38 heavy (non-hydrogen) atoms. The van der Waals surface area contributed by atoms with Gasteiger partial charge in [-0.1, -0.05) is 48.6 Å². The number of carbonyl (C=O) groups excluding carboxylic acids is 2. The summed E-state index contributed by atoms with van der Waals surface area (Å²) in [6.07, 6.45) is 16.2. The van der Waals surface area contributed by atoms with E-state index in [1.807, 2.05) is 67.6 Å². The standard InChI is InChI=1S/C30H29N5O3/c1-20(23-12-9-13-25(16-23)34-30(37)22-10-7-5-4-6-8-11-22)32-29-19-31-18-27(35-29)24-14-15-26(33-21(2)36)28(17-24)38-3/h4-20H,1-3H3,(H,32,35)(H,33,36)(H,34,37)/b5-4+,6-4?,7-5?,8-6+,10-7?,11-8?,22-10?,22-11?/t20-/m0/s1. The second-order valence-electron chi connectivity index (χ2n) is 8.58. The predicted molar refractivity (Wildman–Crippen MR) is 151 cm³/mol. The van der Waals surface area contributed by atoms with Crippen molar-refractivity contribution in [3.8, 4) is 17.0 Å². The van der Waals surface area contributed by atoms with Crippen molar-refractivity contribution in [3.05, 3.63) is 109 Å². The van der Waals surface area contributed by atoms with Gasteiger partial charge in [0.2, 0.25) is 5.91 Å². The van der Waals surface area contributed by atoms with Crippen molar-refractivity contribution in [1.29, 1.82) is 0 Å². The lowest BCUT2D eigenvalue weighted by atomic mass is 10.1. The van der Waals surface area contributed by atoms with Gasteiger partial charge in [0.05, 0.1) is 36.9 Å². The van der Waals surface area contributed by atoms with E-state index in [9.17, 15) is 9.59 Å². The van der Waals surface area contributed by atoms with E-state index in [0.29, 0.717) is 34.2 Å². The SMILES string of the molecule is COc1cc(-c2cncc(N[C@@H](C)c3cccc(NC(=O)C4=C/C=C/C=C/C=C4)c3)n2)ccc1NC(C)=O. The van der Waals surface area contributed by atoms with Gasteiger partial charge < -0.3 is 20.7 Å². The number of amides is 2. The molecule has 192 valence electrons. The topological polar surface area (TPSA) is 105 Å². The first-order chi connectivity index (χ1) is 18.4. The number of hydrogen-bond acceptors (Lipinski definition) is 6. The highest BCUT2D eigenvalue weighted by molar-refractivity contribution is 6.06. The zero-order valence-electron chi connectivity index (χ0n) is 21.4. The number of ether oxygens (including phenoxy) is 1. The molecule has 2 aromatic carbocycles. The Morgan fingerprint density at radius 2 is 1.76 bits per heavy atom. The number of allylic oxidation sites excluding steroid dienone is 6. The summed E-state index contributed by atoms with van der Waals surface area (Å²) in [5.41, 5.74) is 4.27. The van der Waals surface area contributed by atoms with Gasteiger partial charge in [0.15, 0.2) is 0 Å². The summed E-state index contributed by atoms with van der Waals surface area (Å²) in [4.78, 5) is 33.2. The Kier molecular flexibility index (Phi) is 8.46. The molecule has 8 nitrogen and oxygen atoms in total. The minimum Gasteiger partial charge on any atom is -0.495 e. The maximum atomic E-state index is 12.7. The van der Waals surface area contributed by atoms with Crippen LogP contribution in [0.25, 0.3) is 11.3 Å². The molecule has 8 heteroatoms.